The van der Waals surface area contributed by atoms with E-state index in [9.17, 15) is 18.0 Å². The molecule has 25 heavy (non-hydrogen) atoms. The lowest BCUT2D eigenvalue weighted by molar-refractivity contribution is -0.137. The van der Waals surface area contributed by atoms with E-state index < -0.39 is 11.7 Å². The summed E-state index contributed by atoms with van der Waals surface area (Å²) in [5.41, 5.74) is -0.564. The standard InChI is InChI=1S/C18H13F3O4/c1-23-12-7-15(24-2)17-13(22)9-14(25-16(17)8-12)10-3-5-11(6-4-10)18(19,20)21/h3-9H,1-2H3. The van der Waals surface area contributed by atoms with Crippen LogP contribution >= 0.6 is 0 Å². The van der Waals surface area contributed by atoms with E-state index in [1.165, 1.54) is 38.5 Å². The second kappa shape index (κ2) is 6.16. The molecule has 0 aliphatic heterocycles. The van der Waals surface area contributed by atoms with Crippen molar-refractivity contribution in [2.75, 3.05) is 14.2 Å². The third-order valence-electron chi connectivity index (χ3n) is 3.72. The van der Waals surface area contributed by atoms with Gasteiger partial charge in [0.1, 0.15) is 28.2 Å². The van der Waals surface area contributed by atoms with E-state index in [4.69, 9.17) is 13.9 Å². The van der Waals surface area contributed by atoms with Gasteiger partial charge in [-0.3, -0.25) is 4.79 Å². The molecule has 2 aromatic carbocycles. The van der Waals surface area contributed by atoms with Crippen LogP contribution in [0.15, 0.2) is 51.7 Å². The highest BCUT2D eigenvalue weighted by molar-refractivity contribution is 5.86. The number of halogens is 3. The predicted octanol–water partition coefficient (Wildman–Crippen LogP) is 4.50. The molecule has 0 fully saturated rings. The summed E-state index contributed by atoms with van der Waals surface area (Å²) in [7, 11) is 2.87. The molecule has 0 saturated heterocycles. The van der Waals surface area contributed by atoms with Crippen molar-refractivity contribution in [2.45, 2.75) is 6.18 Å². The summed E-state index contributed by atoms with van der Waals surface area (Å²) >= 11 is 0. The Morgan fingerprint density at radius 2 is 1.64 bits per heavy atom. The topological polar surface area (TPSA) is 48.7 Å². The Bertz CT molecular complexity index is 973. The molecule has 4 nitrogen and oxygen atoms in total. The first-order valence-corrected chi connectivity index (χ1v) is 7.21. The highest BCUT2D eigenvalue weighted by atomic mass is 19.4. The van der Waals surface area contributed by atoms with E-state index in [0.29, 0.717) is 17.1 Å². The first-order valence-electron chi connectivity index (χ1n) is 7.21. The maximum absolute atomic E-state index is 12.7. The second-order valence-corrected chi connectivity index (χ2v) is 5.25. The Kier molecular flexibility index (Phi) is 4.16. The smallest absolute Gasteiger partial charge is 0.416 e. The van der Waals surface area contributed by atoms with Gasteiger partial charge in [-0.2, -0.15) is 13.2 Å². The number of fused-ring (bicyclic) bond motifs is 1. The Balaban J connectivity index is 2.16. The van der Waals surface area contributed by atoms with Crippen LogP contribution in [0.1, 0.15) is 5.56 Å². The molecule has 0 spiro atoms. The Morgan fingerprint density at radius 3 is 2.20 bits per heavy atom. The lowest BCUT2D eigenvalue weighted by Gasteiger charge is -2.10. The number of benzene rings is 2. The molecule has 0 aliphatic carbocycles. The van der Waals surface area contributed by atoms with Crippen molar-refractivity contribution in [1.29, 1.82) is 0 Å². The minimum absolute atomic E-state index is 0.154. The van der Waals surface area contributed by atoms with Crippen molar-refractivity contribution < 1.29 is 27.1 Å². The molecule has 0 atom stereocenters. The molecule has 0 unspecified atom stereocenters. The van der Waals surface area contributed by atoms with Gasteiger partial charge in [-0.15, -0.1) is 0 Å². The normalized spacial score (nSPS) is 11.6. The third-order valence-corrected chi connectivity index (χ3v) is 3.72. The average Bonchev–Trinajstić information content (AvgIpc) is 2.59. The fourth-order valence-electron chi connectivity index (χ4n) is 2.47. The van der Waals surface area contributed by atoms with Gasteiger partial charge in [0.2, 0.25) is 0 Å². The van der Waals surface area contributed by atoms with Crippen LogP contribution in [0, 0.1) is 0 Å². The molecule has 0 saturated carbocycles. The summed E-state index contributed by atoms with van der Waals surface area (Å²) in [6.07, 6.45) is -4.43. The van der Waals surface area contributed by atoms with Gasteiger partial charge in [0.15, 0.2) is 5.43 Å². The number of alkyl halides is 3. The molecule has 0 radical (unpaired) electrons. The van der Waals surface area contributed by atoms with E-state index in [1.807, 2.05) is 0 Å². The number of ether oxygens (including phenoxy) is 2. The van der Waals surface area contributed by atoms with Gasteiger partial charge in [-0.05, 0) is 12.1 Å². The number of hydrogen-bond acceptors (Lipinski definition) is 4. The highest BCUT2D eigenvalue weighted by Crippen LogP contribution is 2.33. The van der Waals surface area contributed by atoms with Crippen molar-refractivity contribution in [3.8, 4) is 22.8 Å². The minimum Gasteiger partial charge on any atom is -0.496 e. The predicted molar refractivity (Wildman–Crippen MR) is 86.0 cm³/mol. The van der Waals surface area contributed by atoms with Crippen molar-refractivity contribution >= 4 is 11.0 Å². The summed E-state index contributed by atoms with van der Waals surface area (Å²) in [6, 6.07) is 8.68. The van der Waals surface area contributed by atoms with Crippen LogP contribution < -0.4 is 14.9 Å². The van der Waals surface area contributed by atoms with Crippen LogP contribution in [0.4, 0.5) is 13.2 Å². The van der Waals surface area contributed by atoms with E-state index in [2.05, 4.69) is 0 Å². The molecule has 3 rings (SSSR count). The number of methoxy groups -OCH3 is 2. The van der Waals surface area contributed by atoms with E-state index in [0.717, 1.165) is 12.1 Å². The van der Waals surface area contributed by atoms with Crippen LogP contribution in [0.3, 0.4) is 0 Å². The summed E-state index contributed by atoms with van der Waals surface area (Å²) in [5, 5.41) is 0.235. The monoisotopic (exact) mass is 350 g/mol. The van der Waals surface area contributed by atoms with Gasteiger partial charge >= 0.3 is 6.18 Å². The zero-order chi connectivity index (χ0) is 18.2. The average molecular weight is 350 g/mol. The third kappa shape index (κ3) is 3.17. The first-order chi connectivity index (χ1) is 11.8. The Morgan fingerprint density at radius 1 is 0.960 bits per heavy atom. The van der Waals surface area contributed by atoms with Crippen molar-refractivity contribution in [3.63, 3.8) is 0 Å². The molecule has 1 heterocycles. The molecule has 0 amide bonds. The Labute approximate surface area is 140 Å². The van der Waals surface area contributed by atoms with Gasteiger partial charge in [0.25, 0.3) is 0 Å². The highest BCUT2D eigenvalue weighted by Gasteiger charge is 2.30. The summed E-state index contributed by atoms with van der Waals surface area (Å²) in [5.74, 6) is 0.876. The molecule has 0 bridgehead atoms. The minimum atomic E-state index is -4.43. The van der Waals surface area contributed by atoms with E-state index in [-0.39, 0.29) is 22.2 Å². The fourth-order valence-corrected chi connectivity index (χ4v) is 2.47. The van der Waals surface area contributed by atoms with Crippen LogP contribution in [0.25, 0.3) is 22.3 Å². The molecular formula is C18H13F3O4. The fraction of sp³-hybridized carbons (Fsp3) is 0.167. The van der Waals surface area contributed by atoms with Crippen molar-refractivity contribution in [3.05, 3.63) is 58.3 Å². The maximum atomic E-state index is 12.7. The number of hydrogen-bond donors (Lipinski definition) is 0. The van der Waals surface area contributed by atoms with Crippen LogP contribution in [-0.4, -0.2) is 14.2 Å². The summed E-state index contributed by atoms with van der Waals surface area (Å²) in [6.45, 7) is 0. The molecule has 3 aromatic rings. The molecular weight excluding hydrogens is 337 g/mol. The van der Waals surface area contributed by atoms with E-state index >= 15 is 0 Å². The van der Waals surface area contributed by atoms with Gasteiger partial charge < -0.3 is 13.9 Å². The van der Waals surface area contributed by atoms with Crippen molar-refractivity contribution in [1.82, 2.24) is 0 Å². The van der Waals surface area contributed by atoms with Crippen LogP contribution in [0.5, 0.6) is 11.5 Å². The van der Waals surface area contributed by atoms with Crippen LogP contribution in [0.2, 0.25) is 0 Å². The van der Waals surface area contributed by atoms with Crippen molar-refractivity contribution in [2.24, 2.45) is 0 Å². The van der Waals surface area contributed by atoms with Gasteiger partial charge in [-0.25, -0.2) is 0 Å². The second-order valence-electron chi connectivity index (χ2n) is 5.25. The molecule has 130 valence electrons. The van der Waals surface area contributed by atoms with E-state index in [1.54, 1.807) is 6.07 Å². The van der Waals surface area contributed by atoms with Gasteiger partial charge in [-0.1, -0.05) is 12.1 Å². The summed E-state index contributed by atoms with van der Waals surface area (Å²) < 4.78 is 54.0. The number of rotatable bonds is 3. The zero-order valence-corrected chi connectivity index (χ0v) is 13.3. The zero-order valence-electron chi connectivity index (χ0n) is 13.3. The SMILES string of the molecule is COc1cc(OC)c2c(=O)cc(-c3ccc(C(F)(F)F)cc3)oc2c1. The van der Waals surface area contributed by atoms with Gasteiger partial charge in [0.05, 0.1) is 19.8 Å². The maximum Gasteiger partial charge on any atom is 0.416 e. The first kappa shape index (κ1) is 16.9. The largest absolute Gasteiger partial charge is 0.496 e. The summed E-state index contributed by atoms with van der Waals surface area (Å²) in [4.78, 5) is 12.4. The molecule has 7 heteroatoms. The lowest BCUT2D eigenvalue weighted by Crippen LogP contribution is -2.05. The lowest BCUT2D eigenvalue weighted by atomic mass is 10.1. The molecule has 1 aromatic heterocycles. The van der Waals surface area contributed by atoms with Crippen LogP contribution in [-0.2, 0) is 6.18 Å². The van der Waals surface area contributed by atoms with Gasteiger partial charge in [0, 0.05) is 23.8 Å². The quantitative estimate of drug-likeness (QED) is 0.698. The molecule has 0 aliphatic rings. The molecule has 0 N–H and O–H groups in total. The Hall–Kier alpha value is -2.96.